The van der Waals surface area contributed by atoms with Gasteiger partial charge in [0.15, 0.2) is 0 Å². The van der Waals surface area contributed by atoms with E-state index in [0.717, 1.165) is 12.1 Å². The van der Waals surface area contributed by atoms with Crippen molar-refractivity contribution >= 4 is 6.29 Å². The van der Waals surface area contributed by atoms with Crippen molar-refractivity contribution in [3.63, 3.8) is 0 Å². The van der Waals surface area contributed by atoms with Crippen molar-refractivity contribution in [1.82, 2.24) is 0 Å². The molecule has 0 spiro atoms. The lowest BCUT2D eigenvalue weighted by molar-refractivity contribution is -0.137. The minimum Gasteiger partial charge on any atom is -0.496 e. The lowest BCUT2D eigenvalue weighted by Crippen LogP contribution is -2.04. The third kappa shape index (κ3) is 3.78. The number of aldehydes is 1. The summed E-state index contributed by atoms with van der Waals surface area (Å²) in [7, 11) is 1.46. The van der Waals surface area contributed by atoms with Crippen LogP contribution in [0.5, 0.6) is 11.5 Å². The summed E-state index contributed by atoms with van der Waals surface area (Å²) < 4.78 is 48.0. The molecule has 0 saturated heterocycles. The Morgan fingerprint density at radius 2 is 1.77 bits per heavy atom. The fraction of sp³-hybridized carbons (Fsp3) is 0.188. The van der Waals surface area contributed by atoms with E-state index in [0.29, 0.717) is 28.9 Å². The molecule has 0 aliphatic carbocycles. The number of benzene rings is 2. The van der Waals surface area contributed by atoms with Gasteiger partial charge in [-0.1, -0.05) is 12.1 Å². The summed E-state index contributed by atoms with van der Waals surface area (Å²) in [5, 5.41) is 0. The van der Waals surface area contributed by atoms with Crippen LogP contribution in [0.4, 0.5) is 13.2 Å². The molecule has 2 aromatic rings. The first-order valence-electron chi connectivity index (χ1n) is 6.36. The van der Waals surface area contributed by atoms with Gasteiger partial charge >= 0.3 is 6.18 Å². The zero-order valence-corrected chi connectivity index (χ0v) is 11.7. The van der Waals surface area contributed by atoms with E-state index >= 15 is 0 Å². The Labute approximate surface area is 125 Å². The molecule has 0 unspecified atom stereocenters. The highest BCUT2D eigenvalue weighted by Gasteiger charge is 2.30. The summed E-state index contributed by atoms with van der Waals surface area (Å²) in [4.78, 5) is 10.7. The van der Waals surface area contributed by atoms with Crippen molar-refractivity contribution in [2.75, 3.05) is 7.11 Å². The summed E-state index contributed by atoms with van der Waals surface area (Å²) in [5.74, 6) is 0.797. The molecule has 0 bridgehead atoms. The van der Waals surface area contributed by atoms with E-state index in [1.54, 1.807) is 18.2 Å². The van der Waals surface area contributed by atoms with Gasteiger partial charge in [0.25, 0.3) is 0 Å². The lowest BCUT2D eigenvalue weighted by atomic mass is 10.1. The average Bonchev–Trinajstić information content (AvgIpc) is 2.52. The van der Waals surface area contributed by atoms with E-state index in [1.165, 1.54) is 19.2 Å². The third-order valence-corrected chi connectivity index (χ3v) is 3.02. The van der Waals surface area contributed by atoms with Crippen molar-refractivity contribution < 1.29 is 27.4 Å². The number of alkyl halides is 3. The van der Waals surface area contributed by atoms with Crippen LogP contribution in [0.2, 0.25) is 0 Å². The molecule has 6 heteroatoms. The molecule has 116 valence electrons. The number of hydrogen-bond donors (Lipinski definition) is 0. The number of carbonyl (C=O) groups excluding carboxylic acids is 1. The molecule has 2 rings (SSSR count). The van der Waals surface area contributed by atoms with Gasteiger partial charge in [-0.15, -0.1) is 0 Å². The van der Waals surface area contributed by atoms with E-state index in [9.17, 15) is 18.0 Å². The van der Waals surface area contributed by atoms with Gasteiger partial charge in [-0.2, -0.15) is 13.2 Å². The van der Waals surface area contributed by atoms with Crippen LogP contribution in [0, 0.1) is 0 Å². The predicted molar refractivity (Wildman–Crippen MR) is 74.2 cm³/mol. The van der Waals surface area contributed by atoms with Gasteiger partial charge in [0.05, 0.1) is 12.7 Å². The maximum absolute atomic E-state index is 12.5. The molecule has 0 fully saturated rings. The quantitative estimate of drug-likeness (QED) is 0.780. The van der Waals surface area contributed by atoms with E-state index < -0.39 is 11.7 Å². The molecule has 3 nitrogen and oxygen atoms in total. The molecule has 0 N–H and O–H groups in total. The van der Waals surface area contributed by atoms with Gasteiger partial charge in [-0.25, -0.2) is 0 Å². The first-order valence-corrected chi connectivity index (χ1v) is 6.36. The van der Waals surface area contributed by atoms with Gasteiger partial charge < -0.3 is 9.47 Å². The Morgan fingerprint density at radius 1 is 1.09 bits per heavy atom. The lowest BCUT2D eigenvalue weighted by Gasteiger charge is -2.12. The highest BCUT2D eigenvalue weighted by atomic mass is 19.4. The first kappa shape index (κ1) is 15.9. The Morgan fingerprint density at radius 3 is 2.32 bits per heavy atom. The number of methoxy groups -OCH3 is 1. The molecule has 2 aromatic carbocycles. The van der Waals surface area contributed by atoms with Crippen LogP contribution >= 0.6 is 0 Å². The summed E-state index contributed by atoms with van der Waals surface area (Å²) >= 11 is 0. The molecule has 0 heterocycles. The third-order valence-electron chi connectivity index (χ3n) is 3.02. The molecule has 0 aliphatic rings. The molecule has 0 saturated carbocycles. The fourth-order valence-electron chi connectivity index (χ4n) is 1.85. The number of hydrogen-bond acceptors (Lipinski definition) is 3. The molecular weight excluding hydrogens is 297 g/mol. The van der Waals surface area contributed by atoms with Crippen LogP contribution in [-0.4, -0.2) is 13.4 Å². The maximum atomic E-state index is 12.5. The zero-order valence-electron chi connectivity index (χ0n) is 11.7. The maximum Gasteiger partial charge on any atom is 0.416 e. The second-order valence-electron chi connectivity index (χ2n) is 4.50. The number of carbonyl (C=O) groups is 1. The SMILES string of the molecule is COc1cc(C=O)ccc1COc1ccc(C(F)(F)F)cc1. The van der Waals surface area contributed by atoms with Gasteiger partial charge in [0.1, 0.15) is 24.4 Å². The van der Waals surface area contributed by atoms with Crippen molar-refractivity contribution in [2.24, 2.45) is 0 Å². The second-order valence-corrected chi connectivity index (χ2v) is 4.50. The predicted octanol–water partition coefficient (Wildman–Crippen LogP) is 4.11. The average molecular weight is 310 g/mol. The first-order chi connectivity index (χ1) is 10.4. The van der Waals surface area contributed by atoms with Crippen molar-refractivity contribution in [3.05, 3.63) is 59.2 Å². The monoisotopic (exact) mass is 310 g/mol. The van der Waals surface area contributed by atoms with Gasteiger partial charge in [-0.05, 0) is 30.3 Å². The van der Waals surface area contributed by atoms with Crippen LogP contribution in [-0.2, 0) is 12.8 Å². The van der Waals surface area contributed by atoms with E-state index in [-0.39, 0.29) is 6.61 Å². The fourth-order valence-corrected chi connectivity index (χ4v) is 1.85. The van der Waals surface area contributed by atoms with E-state index in [2.05, 4.69) is 0 Å². The van der Waals surface area contributed by atoms with Crippen LogP contribution in [0.25, 0.3) is 0 Å². The van der Waals surface area contributed by atoms with Crippen LogP contribution in [0.1, 0.15) is 21.5 Å². The van der Waals surface area contributed by atoms with E-state index in [1.807, 2.05) is 0 Å². The van der Waals surface area contributed by atoms with Crippen LogP contribution in [0.15, 0.2) is 42.5 Å². The van der Waals surface area contributed by atoms with Gasteiger partial charge in [0.2, 0.25) is 0 Å². The largest absolute Gasteiger partial charge is 0.496 e. The van der Waals surface area contributed by atoms with Gasteiger partial charge in [0, 0.05) is 11.1 Å². The summed E-state index contributed by atoms with van der Waals surface area (Å²) in [6.07, 6.45) is -3.67. The Kier molecular flexibility index (Phi) is 4.70. The number of ether oxygens (including phenoxy) is 2. The van der Waals surface area contributed by atoms with Crippen LogP contribution in [0.3, 0.4) is 0 Å². The molecule has 0 aromatic heterocycles. The molecule has 0 atom stereocenters. The number of halogens is 3. The number of rotatable bonds is 5. The molecule has 22 heavy (non-hydrogen) atoms. The normalized spacial score (nSPS) is 11.1. The Hall–Kier alpha value is -2.50. The zero-order chi connectivity index (χ0) is 16.2. The second kappa shape index (κ2) is 6.51. The van der Waals surface area contributed by atoms with Crippen molar-refractivity contribution in [1.29, 1.82) is 0 Å². The van der Waals surface area contributed by atoms with E-state index in [4.69, 9.17) is 9.47 Å². The topological polar surface area (TPSA) is 35.5 Å². The Balaban J connectivity index is 2.08. The minimum absolute atomic E-state index is 0.119. The molecular formula is C16H13F3O3. The molecule has 0 amide bonds. The van der Waals surface area contributed by atoms with Crippen molar-refractivity contribution in [2.45, 2.75) is 12.8 Å². The smallest absolute Gasteiger partial charge is 0.416 e. The summed E-state index contributed by atoms with van der Waals surface area (Å²) in [6.45, 7) is 0.119. The highest BCUT2D eigenvalue weighted by Crippen LogP contribution is 2.30. The van der Waals surface area contributed by atoms with Gasteiger partial charge in [-0.3, -0.25) is 4.79 Å². The molecule has 0 radical (unpaired) electrons. The Bertz CT molecular complexity index is 649. The summed E-state index contributed by atoms with van der Waals surface area (Å²) in [6, 6.07) is 9.29. The standard InChI is InChI=1S/C16H13F3O3/c1-21-15-8-11(9-20)2-3-12(15)10-22-14-6-4-13(5-7-14)16(17,18)19/h2-9H,10H2,1H3. The highest BCUT2D eigenvalue weighted by molar-refractivity contribution is 5.75. The summed E-state index contributed by atoms with van der Waals surface area (Å²) in [5.41, 5.74) is 0.427. The van der Waals surface area contributed by atoms with Crippen LogP contribution < -0.4 is 9.47 Å². The minimum atomic E-state index is -4.37. The van der Waals surface area contributed by atoms with Crippen molar-refractivity contribution in [3.8, 4) is 11.5 Å². The molecule has 0 aliphatic heterocycles.